The van der Waals surface area contributed by atoms with Gasteiger partial charge in [-0.1, -0.05) is 6.07 Å². The summed E-state index contributed by atoms with van der Waals surface area (Å²) in [6, 6.07) is 4.12. The second-order valence-electron chi connectivity index (χ2n) is 4.49. The maximum atomic E-state index is 11.9. The van der Waals surface area contributed by atoms with Crippen molar-refractivity contribution in [3.8, 4) is 0 Å². The van der Waals surface area contributed by atoms with Crippen molar-refractivity contribution in [1.29, 1.82) is 0 Å². The van der Waals surface area contributed by atoms with Crippen molar-refractivity contribution in [2.24, 2.45) is 0 Å². The first-order chi connectivity index (χ1) is 9.34. The van der Waals surface area contributed by atoms with Crippen LogP contribution in [-0.4, -0.2) is 30.0 Å². The number of thiazole rings is 1. The predicted octanol–water partition coefficient (Wildman–Crippen LogP) is 2.60. The molecule has 100 valence electrons. The number of hydrogen-bond acceptors (Lipinski definition) is 5. The summed E-state index contributed by atoms with van der Waals surface area (Å²) in [7, 11) is 0. The number of anilines is 1. The highest BCUT2D eigenvalue weighted by Gasteiger charge is 2.26. The fourth-order valence-corrected chi connectivity index (χ4v) is 3.74. The minimum atomic E-state index is 0.0287. The molecule has 0 saturated carbocycles. The van der Waals surface area contributed by atoms with Crippen LogP contribution >= 0.6 is 22.7 Å². The minimum absolute atomic E-state index is 0.0287. The number of rotatable bonds is 4. The van der Waals surface area contributed by atoms with Gasteiger partial charge in [0.05, 0.1) is 4.88 Å². The van der Waals surface area contributed by atoms with E-state index in [1.807, 2.05) is 29.1 Å². The van der Waals surface area contributed by atoms with Crippen LogP contribution in [0.2, 0.25) is 0 Å². The second-order valence-corrected chi connectivity index (χ2v) is 6.31. The van der Waals surface area contributed by atoms with E-state index in [1.54, 1.807) is 11.3 Å². The van der Waals surface area contributed by atoms with Gasteiger partial charge in [-0.15, -0.1) is 22.7 Å². The van der Waals surface area contributed by atoms with Gasteiger partial charge in [-0.05, 0) is 24.3 Å². The van der Waals surface area contributed by atoms with Crippen molar-refractivity contribution in [2.75, 3.05) is 18.0 Å². The fraction of sp³-hybridized carbons (Fsp3) is 0.385. The molecule has 2 aromatic heterocycles. The molecule has 1 atom stereocenters. The van der Waals surface area contributed by atoms with Crippen LogP contribution in [-0.2, 0) is 0 Å². The molecule has 19 heavy (non-hydrogen) atoms. The monoisotopic (exact) mass is 293 g/mol. The summed E-state index contributed by atoms with van der Waals surface area (Å²) in [5.74, 6) is 0.0287. The summed E-state index contributed by atoms with van der Waals surface area (Å²) >= 11 is 3.14. The van der Waals surface area contributed by atoms with Crippen LogP contribution < -0.4 is 10.2 Å². The quantitative estimate of drug-likeness (QED) is 0.942. The van der Waals surface area contributed by atoms with Crippen molar-refractivity contribution in [3.05, 3.63) is 34.0 Å². The number of nitrogens with one attached hydrogen (secondary N) is 1. The fourth-order valence-electron chi connectivity index (χ4n) is 2.36. The molecule has 1 amide bonds. The maximum Gasteiger partial charge on any atom is 0.261 e. The van der Waals surface area contributed by atoms with E-state index in [-0.39, 0.29) is 5.91 Å². The molecule has 3 rings (SSSR count). The van der Waals surface area contributed by atoms with Crippen LogP contribution in [0.25, 0.3) is 0 Å². The molecule has 1 aliphatic rings. The van der Waals surface area contributed by atoms with Crippen molar-refractivity contribution in [3.63, 3.8) is 0 Å². The standard InChI is InChI=1S/C13H15N3OS2/c17-12(11-4-2-7-18-11)15-9-10-3-1-6-16(10)13-14-5-8-19-13/h2,4-5,7-8,10H,1,3,6,9H2,(H,15,17). The molecular weight excluding hydrogens is 278 g/mol. The number of hydrogen-bond donors (Lipinski definition) is 1. The smallest absolute Gasteiger partial charge is 0.261 e. The van der Waals surface area contributed by atoms with Gasteiger partial charge in [-0.25, -0.2) is 4.98 Å². The van der Waals surface area contributed by atoms with Crippen LogP contribution in [0.1, 0.15) is 22.5 Å². The number of amides is 1. The largest absolute Gasteiger partial charge is 0.349 e. The Bertz CT molecular complexity index is 524. The van der Waals surface area contributed by atoms with Crippen molar-refractivity contribution in [2.45, 2.75) is 18.9 Å². The van der Waals surface area contributed by atoms with E-state index in [0.29, 0.717) is 12.6 Å². The molecule has 1 N–H and O–H groups in total. The zero-order valence-electron chi connectivity index (χ0n) is 10.4. The maximum absolute atomic E-state index is 11.9. The van der Waals surface area contributed by atoms with Crippen LogP contribution in [0.15, 0.2) is 29.1 Å². The van der Waals surface area contributed by atoms with E-state index in [2.05, 4.69) is 15.2 Å². The first-order valence-electron chi connectivity index (χ1n) is 6.32. The summed E-state index contributed by atoms with van der Waals surface area (Å²) in [5, 5.41) is 8.01. The average molecular weight is 293 g/mol. The Morgan fingerprint density at radius 1 is 1.47 bits per heavy atom. The van der Waals surface area contributed by atoms with Crippen molar-refractivity contribution in [1.82, 2.24) is 10.3 Å². The summed E-state index contributed by atoms with van der Waals surface area (Å²) in [6.45, 7) is 1.73. The molecule has 6 heteroatoms. The van der Waals surface area contributed by atoms with Crippen LogP contribution in [0.5, 0.6) is 0 Å². The lowest BCUT2D eigenvalue weighted by Crippen LogP contribution is -2.40. The van der Waals surface area contributed by atoms with Gasteiger partial charge >= 0.3 is 0 Å². The average Bonchev–Trinajstić information content (AvgIpc) is 3.14. The molecule has 0 bridgehead atoms. The molecule has 0 spiro atoms. The highest BCUT2D eigenvalue weighted by atomic mass is 32.1. The minimum Gasteiger partial charge on any atom is -0.349 e. The number of carbonyl (C=O) groups excluding carboxylic acids is 1. The van der Waals surface area contributed by atoms with Crippen LogP contribution in [0.4, 0.5) is 5.13 Å². The van der Waals surface area contributed by atoms with Crippen LogP contribution in [0, 0.1) is 0 Å². The summed E-state index contributed by atoms with van der Waals surface area (Å²) < 4.78 is 0. The van der Waals surface area contributed by atoms with Gasteiger partial charge < -0.3 is 10.2 Å². The Labute approximate surface area is 120 Å². The zero-order chi connectivity index (χ0) is 13.1. The molecule has 4 nitrogen and oxygen atoms in total. The van der Waals surface area contributed by atoms with Gasteiger partial charge in [0.2, 0.25) is 0 Å². The predicted molar refractivity (Wildman–Crippen MR) is 79.1 cm³/mol. The molecule has 1 saturated heterocycles. The molecule has 0 radical (unpaired) electrons. The van der Waals surface area contributed by atoms with E-state index in [1.165, 1.54) is 17.8 Å². The Morgan fingerprint density at radius 2 is 2.42 bits per heavy atom. The molecule has 0 aliphatic carbocycles. The highest BCUT2D eigenvalue weighted by molar-refractivity contribution is 7.13. The zero-order valence-corrected chi connectivity index (χ0v) is 12.0. The molecule has 1 unspecified atom stereocenters. The number of carbonyl (C=O) groups is 1. The first-order valence-corrected chi connectivity index (χ1v) is 8.08. The molecule has 2 aromatic rings. The Balaban J connectivity index is 1.59. The second kappa shape index (κ2) is 5.71. The van der Waals surface area contributed by atoms with Gasteiger partial charge in [-0.2, -0.15) is 0 Å². The third-order valence-corrected chi connectivity index (χ3v) is 4.96. The lowest BCUT2D eigenvalue weighted by molar-refractivity contribution is 0.0955. The summed E-state index contributed by atoms with van der Waals surface area (Å²) in [5.41, 5.74) is 0. The van der Waals surface area contributed by atoms with E-state index < -0.39 is 0 Å². The molecular formula is C13H15N3OS2. The SMILES string of the molecule is O=C(NCC1CCCN1c1nccs1)c1cccs1. The van der Waals surface area contributed by atoms with Gasteiger partial charge in [0, 0.05) is 30.7 Å². The highest BCUT2D eigenvalue weighted by Crippen LogP contribution is 2.26. The summed E-state index contributed by atoms with van der Waals surface area (Å²) in [6.07, 6.45) is 4.11. The normalized spacial score (nSPS) is 18.7. The van der Waals surface area contributed by atoms with E-state index >= 15 is 0 Å². The van der Waals surface area contributed by atoms with Crippen molar-refractivity contribution < 1.29 is 4.79 Å². The number of nitrogens with zero attached hydrogens (tertiary/aromatic N) is 2. The molecule has 1 aliphatic heterocycles. The van der Waals surface area contributed by atoms with E-state index in [4.69, 9.17) is 0 Å². The first kappa shape index (κ1) is 12.6. The van der Waals surface area contributed by atoms with E-state index in [9.17, 15) is 4.79 Å². The lowest BCUT2D eigenvalue weighted by atomic mass is 10.2. The summed E-state index contributed by atoms with van der Waals surface area (Å²) in [4.78, 5) is 19.4. The van der Waals surface area contributed by atoms with Crippen LogP contribution in [0.3, 0.4) is 0 Å². The van der Waals surface area contributed by atoms with Crippen molar-refractivity contribution >= 4 is 33.7 Å². The van der Waals surface area contributed by atoms with Gasteiger partial charge in [-0.3, -0.25) is 4.79 Å². The lowest BCUT2D eigenvalue weighted by Gasteiger charge is -2.24. The Kier molecular flexibility index (Phi) is 3.79. The Hall–Kier alpha value is -1.40. The third kappa shape index (κ3) is 2.79. The van der Waals surface area contributed by atoms with E-state index in [0.717, 1.165) is 23.0 Å². The molecule has 3 heterocycles. The Morgan fingerprint density at radius 3 is 3.16 bits per heavy atom. The topological polar surface area (TPSA) is 45.2 Å². The number of thiophene rings is 1. The van der Waals surface area contributed by atoms with Gasteiger partial charge in [0.25, 0.3) is 5.91 Å². The molecule has 1 fully saturated rings. The molecule has 0 aromatic carbocycles. The van der Waals surface area contributed by atoms with Gasteiger partial charge in [0.1, 0.15) is 0 Å². The number of aromatic nitrogens is 1. The van der Waals surface area contributed by atoms with Gasteiger partial charge in [0.15, 0.2) is 5.13 Å². The third-order valence-electron chi connectivity index (χ3n) is 3.29.